The fourth-order valence-corrected chi connectivity index (χ4v) is 2.77. The first kappa shape index (κ1) is 17.9. The Morgan fingerprint density at radius 1 is 1.12 bits per heavy atom. The molecular formula is C19H21N3O4. The number of carbonyl (C=O) groups is 2. The quantitative estimate of drug-likeness (QED) is 0.889. The van der Waals surface area contributed by atoms with Gasteiger partial charge in [-0.1, -0.05) is 12.1 Å². The van der Waals surface area contributed by atoms with Crippen LogP contribution in [0.1, 0.15) is 15.9 Å². The first-order valence-electron chi connectivity index (χ1n) is 8.46. The molecule has 0 bridgehead atoms. The zero-order valence-corrected chi connectivity index (χ0v) is 14.6. The van der Waals surface area contributed by atoms with E-state index in [4.69, 9.17) is 4.74 Å². The SMILES string of the molecule is Cn1cccc(C(=O)Nc2ccc(CC(=O)N3CCOCC3)cc2)c1=O. The molecule has 1 N–H and O–H groups in total. The van der Waals surface area contributed by atoms with Gasteiger partial charge in [0.25, 0.3) is 11.5 Å². The van der Waals surface area contributed by atoms with Gasteiger partial charge in [0.15, 0.2) is 0 Å². The Balaban J connectivity index is 1.62. The van der Waals surface area contributed by atoms with Crippen LogP contribution in [0.5, 0.6) is 0 Å². The predicted molar refractivity (Wildman–Crippen MR) is 97.2 cm³/mol. The van der Waals surface area contributed by atoms with Crippen LogP contribution in [-0.4, -0.2) is 47.6 Å². The normalized spacial score (nSPS) is 14.1. The van der Waals surface area contributed by atoms with Gasteiger partial charge in [-0.3, -0.25) is 14.4 Å². The summed E-state index contributed by atoms with van der Waals surface area (Å²) in [6.07, 6.45) is 1.91. The number of benzene rings is 1. The molecule has 0 radical (unpaired) electrons. The lowest BCUT2D eigenvalue weighted by Gasteiger charge is -2.26. The van der Waals surface area contributed by atoms with E-state index in [1.54, 1.807) is 48.5 Å². The number of anilines is 1. The van der Waals surface area contributed by atoms with Crippen molar-refractivity contribution in [2.75, 3.05) is 31.6 Å². The second kappa shape index (κ2) is 7.97. The molecule has 0 unspecified atom stereocenters. The molecule has 3 rings (SSSR count). The number of nitrogens with zero attached hydrogens (tertiary/aromatic N) is 2. The van der Waals surface area contributed by atoms with Gasteiger partial charge in [0.1, 0.15) is 5.56 Å². The number of amides is 2. The third kappa shape index (κ3) is 4.18. The lowest BCUT2D eigenvalue weighted by Crippen LogP contribution is -2.41. The average Bonchev–Trinajstić information content (AvgIpc) is 2.66. The second-order valence-electron chi connectivity index (χ2n) is 6.16. The molecule has 2 amide bonds. The number of carbonyl (C=O) groups excluding carboxylic acids is 2. The van der Waals surface area contributed by atoms with Crippen molar-refractivity contribution in [3.8, 4) is 0 Å². The Hall–Kier alpha value is -2.93. The van der Waals surface area contributed by atoms with Crippen LogP contribution in [0.3, 0.4) is 0 Å². The fraction of sp³-hybridized carbons (Fsp3) is 0.316. The van der Waals surface area contributed by atoms with Gasteiger partial charge < -0.3 is 19.5 Å². The van der Waals surface area contributed by atoms with Crippen LogP contribution < -0.4 is 10.9 Å². The molecule has 2 heterocycles. The smallest absolute Gasteiger partial charge is 0.263 e. The van der Waals surface area contributed by atoms with E-state index in [-0.39, 0.29) is 17.0 Å². The number of hydrogen-bond acceptors (Lipinski definition) is 4. The number of pyridine rings is 1. The van der Waals surface area contributed by atoms with E-state index in [0.717, 1.165) is 5.56 Å². The van der Waals surface area contributed by atoms with Crippen molar-refractivity contribution in [2.45, 2.75) is 6.42 Å². The molecule has 1 fully saturated rings. The van der Waals surface area contributed by atoms with Crippen molar-refractivity contribution in [1.82, 2.24) is 9.47 Å². The molecule has 0 saturated carbocycles. The van der Waals surface area contributed by atoms with Crippen molar-refractivity contribution in [3.63, 3.8) is 0 Å². The molecule has 1 aromatic heterocycles. The van der Waals surface area contributed by atoms with Crippen LogP contribution in [0.15, 0.2) is 47.4 Å². The third-order valence-electron chi connectivity index (χ3n) is 4.30. The van der Waals surface area contributed by atoms with Crippen LogP contribution in [0, 0.1) is 0 Å². The summed E-state index contributed by atoms with van der Waals surface area (Å²) in [6.45, 7) is 2.41. The van der Waals surface area contributed by atoms with Crippen LogP contribution in [0.2, 0.25) is 0 Å². The van der Waals surface area contributed by atoms with Crippen molar-refractivity contribution >= 4 is 17.5 Å². The Morgan fingerprint density at radius 3 is 2.50 bits per heavy atom. The third-order valence-corrected chi connectivity index (χ3v) is 4.30. The maximum Gasteiger partial charge on any atom is 0.263 e. The largest absolute Gasteiger partial charge is 0.378 e. The minimum Gasteiger partial charge on any atom is -0.378 e. The number of hydrogen-bond donors (Lipinski definition) is 1. The van der Waals surface area contributed by atoms with Gasteiger partial charge in [0.2, 0.25) is 5.91 Å². The zero-order chi connectivity index (χ0) is 18.5. The fourth-order valence-electron chi connectivity index (χ4n) is 2.77. The monoisotopic (exact) mass is 355 g/mol. The Labute approximate surface area is 151 Å². The Morgan fingerprint density at radius 2 is 1.81 bits per heavy atom. The average molecular weight is 355 g/mol. The van der Waals surface area contributed by atoms with E-state index in [0.29, 0.717) is 38.4 Å². The second-order valence-corrected chi connectivity index (χ2v) is 6.16. The lowest BCUT2D eigenvalue weighted by atomic mass is 10.1. The number of aryl methyl sites for hydroxylation is 1. The maximum atomic E-state index is 12.3. The van der Waals surface area contributed by atoms with E-state index in [1.807, 2.05) is 0 Å². The van der Waals surface area contributed by atoms with E-state index in [9.17, 15) is 14.4 Å². The molecule has 1 aliphatic heterocycles. The van der Waals surface area contributed by atoms with Gasteiger partial charge in [0, 0.05) is 32.0 Å². The van der Waals surface area contributed by atoms with Crippen LogP contribution in [-0.2, 0) is 23.0 Å². The highest BCUT2D eigenvalue weighted by molar-refractivity contribution is 6.04. The molecule has 0 spiro atoms. The molecular weight excluding hydrogens is 334 g/mol. The lowest BCUT2D eigenvalue weighted by molar-refractivity contribution is -0.134. The van der Waals surface area contributed by atoms with Gasteiger partial charge in [-0.15, -0.1) is 0 Å². The summed E-state index contributed by atoms with van der Waals surface area (Å²) in [5.41, 5.74) is 1.18. The van der Waals surface area contributed by atoms with Crippen molar-refractivity contribution < 1.29 is 14.3 Å². The number of nitrogens with one attached hydrogen (secondary N) is 1. The summed E-state index contributed by atoms with van der Waals surface area (Å²) >= 11 is 0. The first-order chi connectivity index (χ1) is 12.5. The summed E-state index contributed by atoms with van der Waals surface area (Å²) in [7, 11) is 1.60. The highest BCUT2D eigenvalue weighted by Gasteiger charge is 2.17. The van der Waals surface area contributed by atoms with Gasteiger partial charge in [-0.2, -0.15) is 0 Å². The zero-order valence-electron chi connectivity index (χ0n) is 14.6. The molecule has 7 nitrogen and oxygen atoms in total. The predicted octanol–water partition coefficient (Wildman–Crippen LogP) is 1.04. The molecule has 7 heteroatoms. The standard InChI is InChI=1S/C19H21N3O4/c1-21-8-2-3-16(19(21)25)18(24)20-15-6-4-14(5-7-15)13-17(23)22-9-11-26-12-10-22/h2-8H,9-13H2,1H3,(H,20,24). The van der Waals surface area contributed by atoms with Crippen molar-refractivity contribution in [2.24, 2.45) is 7.05 Å². The molecule has 1 aromatic carbocycles. The molecule has 26 heavy (non-hydrogen) atoms. The molecule has 0 atom stereocenters. The molecule has 136 valence electrons. The topological polar surface area (TPSA) is 80.6 Å². The Kier molecular flexibility index (Phi) is 5.48. The first-order valence-corrected chi connectivity index (χ1v) is 8.46. The van der Waals surface area contributed by atoms with E-state index >= 15 is 0 Å². The minimum absolute atomic E-state index is 0.0675. The van der Waals surface area contributed by atoms with Crippen molar-refractivity contribution in [1.29, 1.82) is 0 Å². The van der Waals surface area contributed by atoms with E-state index < -0.39 is 5.91 Å². The Bertz CT molecular complexity index is 852. The summed E-state index contributed by atoms with van der Waals surface area (Å²) in [4.78, 5) is 38.3. The highest BCUT2D eigenvalue weighted by atomic mass is 16.5. The number of morpholine rings is 1. The molecule has 0 aliphatic carbocycles. The molecule has 1 aliphatic rings. The van der Waals surface area contributed by atoms with Gasteiger partial charge >= 0.3 is 0 Å². The number of rotatable bonds is 4. The van der Waals surface area contributed by atoms with E-state index in [2.05, 4.69) is 5.32 Å². The molecule has 1 saturated heterocycles. The van der Waals surface area contributed by atoms with Gasteiger partial charge in [-0.05, 0) is 29.8 Å². The van der Waals surface area contributed by atoms with Crippen LogP contribution in [0.25, 0.3) is 0 Å². The van der Waals surface area contributed by atoms with Crippen molar-refractivity contribution in [3.05, 3.63) is 64.1 Å². The number of aromatic nitrogens is 1. The summed E-state index contributed by atoms with van der Waals surface area (Å²) in [5.74, 6) is -0.388. The summed E-state index contributed by atoms with van der Waals surface area (Å²) in [5, 5.41) is 2.71. The van der Waals surface area contributed by atoms with Crippen LogP contribution >= 0.6 is 0 Å². The number of ether oxygens (including phenoxy) is 1. The minimum atomic E-state index is -0.455. The van der Waals surface area contributed by atoms with E-state index in [1.165, 1.54) is 10.6 Å². The summed E-state index contributed by atoms with van der Waals surface area (Å²) in [6, 6.07) is 10.2. The van der Waals surface area contributed by atoms with Gasteiger partial charge in [0.05, 0.1) is 19.6 Å². The highest BCUT2D eigenvalue weighted by Crippen LogP contribution is 2.12. The van der Waals surface area contributed by atoms with Crippen LogP contribution in [0.4, 0.5) is 5.69 Å². The van der Waals surface area contributed by atoms with Gasteiger partial charge in [-0.25, -0.2) is 0 Å². The molecule has 2 aromatic rings. The maximum absolute atomic E-state index is 12.3. The summed E-state index contributed by atoms with van der Waals surface area (Å²) < 4.78 is 6.60.